The van der Waals surface area contributed by atoms with Crippen molar-refractivity contribution in [3.63, 3.8) is 0 Å². The van der Waals surface area contributed by atoms with Gasteiger partial charge >= 0.3 is 6.29 Å². The van der Waals surface area contributed by atoms with E-state index >= 15 is 0 Å². The van der Waals surface area contributed by atoms with Gasteiger partial charge in [-0.15, -0.1) is 8.78 Å². The second-order valence-electron chi connectivity index (χ2n) is 7.44. The summed E-state index contributed by atoms with van der Waals surface area (Å²) >= 11 is 6.23. The van der Waals surface area contributed by atoms with Gasteiger partial charge in [-0.25, -0.2) is 4.79 Å². The highest BCUT2D eigenvalue weighted by Gasteiger charge is 2.34. The molecule has 0 aliphatic carbocycles. The predicted molar refractivity (Wildman–Crippen MR) is 123 cm³/mol. The number of halogens is 3. The van der Waals surface area contributed by atoms with E-state index in [1.54, 1.807) is 0 Å². The molecule has 0 aromatic heterocycles. The van der Waals surface area contributed by atoms with Gasteiger partial charge in [-0.3, -0.25) is 9.69 Å². The summed E-state index contributed by atoms with van der Waals surface area (Å²) in [4.78, 5) is 23.4. The van der Waals surface area contributed by atoms with Crippen LogP contribution in [0.25, 0.3) is 0 Å². The fraction of sp³-hybridized carbons (Fsp3) is 0.154. The molecule has 6 heteroatoms. The van der Waals surface area contributed by atoms with Crippen molar-refractivity contribution in [1.29, 1.82) is 0 Å². The van der Waals surface area contributed by atoms with Crippen LogP contribution in [-0.2, 0) is 4.79 Å². The van der Waals surface area contributed by atoms with Crippen molar-refractivity contribution in [3.05, 3.63) is 113 Å². The van der Waals surface area contributed by atoms with Gasteiger partial charge in [-0.05, 0) is 53.8 Å². The fourth-order valence-electron chi connectivity index (χ4n) is 3.80. The number of nitrogens with zero attached hydrogens (tertiary/aromatic N) is 1. The van der Waals surface area contributed by atoms with Crippen LogP contribution in [0.2, 0.25) is 5.02 Å². The quantitative estimate of drug-likeness (QED) is 0.373. The minimum Gasteiger partial charge on any atom is -0.298 e. The molecule has 1 amide bonds. The van der Waals surface area contributed by atoms with Crippen LogP contribution in [-0.4, -0.2) is 12.2 Å². The number of hydrogen-bond acceptors (Lipinski definition) is 2. The lowest BCUT2D eigenvalue weighted by atomic mass is 9.93. The third-order valence-corrected chi connectivity index (χ3v) is 5.49. The van der Waals surface area contributed by atoms with Gasteiger partial charge in [0.1, 0.15) is 0 Å². The Hall–Kier alpha value is -3.31. The van der Waals surface area contributed by atoms with E-state index in [0.29, 0.717) is 11.4 Å². The van der Waals surface area contributed by atoms with Crippen LogP contribution in [0, 0.1) is 0 Å². The summed E-state index contributed by atoms with van der Waals surface area (Å²) in [6.45, 7) is 2.17. The molecule has 2 atom stereocenters. The molecule has 0 bridgehead atoms. The first-order chi connectivity index (χ1) is 15.4. The number of rotatable bonds is 5. The third kappa shape index (κ3) is 5.89. The van der Waals surface area contributed by atoms with Gasteiger partial charge in [0.05, 0.1) is 6.04 Å². The molecule has 0 radical (unpaired) electrons. The van der Waals surface area contributed by atoms with Crippen LogP contribution in [0.3, 0.4) is 0 Å². The lowest BCUT2D eigenvalue weighted by Crippen LogP contribution is -2.29. The number of carbonyl (C=O) groups is 2. The van der Waals surface area contributed by atoms with E-state index in [2.05, 4.69) is 25.1 Å². The van der Waals surface area contributed by atoms with Crippen molar-refractivity contribution in [2.45, 2.75) is 25.3 Å². The molecular formula is C26H22ClF2NO2. The number of carbonyl (C=O) groups excluding carboxylic acids is 2. The first kappa shape index (κ1) is 23.4. The number of benzene rings is 3. The second kappa shape index (κ2) is 10.8. The van der Waals surface area contributed by atoms with Crippen molar-refractivity contribution in [2.75, 3.05) is 4.90 Å². The average Bonchev–Trinajstić information content (AvgIpc) is 3.10. The van der Waals surface area contributed by atoms with Gasteiger partial charge in [0.2, 0.25) is 0 Å². The Bertz CT molecular complexity index is 1100. The number of amides is 1. The molecule has 164 valence electrons. The first-order valence-corrected chi connectivity index (χ1v) is 10.5. The maximum atomic E-state index is 13.4. The van der Waals surface area contributed by atoms with Gasteiger partial charge < -0.3 is 0 Å². The SMILES string of the molecule is C[C@@H](CC1=C[C@H](c2cccc(Cl)c2)N(c2ccccc2)C1=O)c1ccccc1.O=C(F)F. The Kier molecular flexibility index (Phi) is 7.90. The van der Waals surface area contributed by atoms with Crippen LogP contribution in [0.4, 0.5) is 19.3 Å². The normalized spacial score (nSPS) is 16.1. The van der Waals surface area contributed by atoms with E-state index in [1.807, 2.05) is 77.7 Å². The highest BCUT2D eigenvalue weighted by molar-refractivity contribution is 6.30. The minimum atomic E-state index is -2.83. The largest absolute Gasteiger partial charge is 0.483 e. The third-order valence-electron chi connectivity index (χ3n) is 5.25. The maximum Gasteiger partial charge on any atom is 0.483 e. The number of anilines is 1. The Labute approximate surface area is 190 Å². The molecule has 1 aliphatic heterocycles. The summed E-state index contributed by atoms with van der Waals surface area (Å²) in [7, 11) is 0. The van der Waals surface area contributed by atoms with Gasteiger partial charge in [0.15, 0.2) is 0 Å². The predicted octanol–water partition coefficient (Wildman–Crippen LogP) is 7.59. The molecule has 32 heavy (non-hydrogen) atoms. The second-order valence-corrected chi connectivity index (χ2v) is 7.88. The summed E-state index contributed by atoms with van der Waals surface area (Å²) in [6.07, 6.45) is -0.0241. The highest BCUT2D eigenvalue weighted by Crippen LogP contribution is 2.39. The molecule has 3 aromatic carbocycles. The lowest BCUT2D eigenvalue weighted by Gasteiger charge is -2.25. The molecule has 0 saturated carbocycles. The molecule has 0 fully saturated rings. The summed E-state index contributed by atoms with van der Waals surface area (Å²) in [5, 5.41) is 0.678. The molecule has 4 rings (SSSR count). The zero-order valence-corrected chi connectivity index (χ0v) is 18.2. The molecule has 1 aliphatic rings. The number of hydrogen-bond donors (Lipinski definition) is 0. The van der Waals surface area contributed by atoms with Gasteiger partial charge in [0, 0.05) is 16.3 Å². The van der Waals surface area contributed by atoms with Gasteiger partial charge in [0.25, 0.3) is 5.91 Å². The van der Waals surface area contributed by atoms with E-state index in [1.165, 1.54) is 5.56 Å². The Morgan fingerprint density at radius 2 is 1.56 bits per heavy atom. The van der Waals surface area contributed by atoms with E-state index < -0.39 is 6.29 Å². The van der Waals surface area contributed by atoms with Crippen LogP contribution in [0.1, 0.15) is 36.4 Å². The number of para-hydroxylation sites is 1. The van der Waals surface area contributed by atoms with E-state index in [0.717, 1.165) is 16.8 Å². The van der Waals surface area contributed by atoms with Crippen molar-refractivity contribution >= 4 is 29.5 Å². The molecule has 0 N–H and O–H groups in total. The van der Waals surface area contributed by atoms with Crippen molar-refractivity contribution in [3.8, 4) is 0 Å². The van der Waals surface area contributed by atoms with Crippen LogP contribution < -0.4 is 4.90 Å². The topological polar surface area (TPSA) is 37.4 Å². The Balaban J connectivity index is 0.000000668. The van der Waals surface area contributed by atoms with Crippen LogP contribution in [0.15, 0.2) is 96.6 Å². The monoisotopic (exact) mass is 453 g/mol. The van der Waals surface area contributed by atoms with E-state index in [4.69, 9.17) is 16.4 Å². The smallest absolute Gasteiger partial charge is 0.298 e. The average molecular weight is 454 g/mol. The fourth-order valence-corrected chi connectivity index (χ4v) is 4.00. The van der Waals surface area contributed by atoms with Crippen molar-refractivity contribution in [1.82, 2.24) is 0 Å². The minimum absolute atomic E-state index is 0.0685. The maximum absolute atomic E-state index is 13.4. The van der Waals surface area contributed by atoms with Crippen LogP contribution >= 0.6 is 11.6 Å². The first-order valence-electron chi connectivity index (χ1n) is 10.1. The summed E-state index contributed by atoms with van der Waals surface area (Å²) in [5.74, 6) is 0.339. The molecule has 0 spiro atoms. The van der Waals surface area contributed by atoms with Crippen molar-refractivity contribution in [2.24, 2.45) is 0 Å². The van der Waals surface area contributed by atoms with Gasteiger partial charge in [-0.2, -0.15) is 0 Å². The summed E-state index contributed by atoms with van der Waals surface area (Å²) in [6, 6.07) is 27.8. The zero-order chi connectivity index (χ0) is 23.1. The van der Waals surface area contributed by atoms with Gasteiger partial charge in [-0.1, -0.05) is 79.2 Å². The molecule has 1 heterocycles. The van der Waals surface area contributed by atoms with Crippen molar-refractivity contribution < 1.29 is 18.4 Å². The summed E-state index contributed by atoms with van der Waals surface area (Å²) in [5.41, 5.74) is 4.02. The zero-order valence-electron chi connectivity index (χ0n) is 17.4. The Morgan fingerprint density at radius 1 is 0.969 bits per heavy atom. The summed E-state index contributed by atoms with van der Waals surface area (Å²) < 4.78 is 19.4. The molecular weight excluding hydrogens is 432 g/mol. The molecule has 0 unspecified atom stereocenters. The van der Waals surface area contributed by atoms with E-state index in [9.17, 15) is 13.6 Å². The molecule has 3 aromatic rings. The van der Waals surface area contributed by atoms with Crippen LogP contribution in [0.5, 0.6) is 0 Å². The molecule has 3 nitrogen and oxygen atoms in total. The molecule has 0 saturated heterocycles. The highest BCUT2D eigenvalue weighted by atomic mass is 35.5. The Morgan fingerprint density at radius 3 is 2.16 bits per heavy atom. The lowest BCUT2D eigenvalue weighted by molar-refractivity contribution is -0.115. The standard InChI is InChI=1S/C25H22ClNO.CF2O/c1-18(19-9-4-2-5-10-19)15-21-17-24(20-11-8-12-22(26)16-20)27(25(21)28)23-13-6-3-7-14-23;2-1(3)4/h2-14,16-18,24H,15H2,1H3;/t18-,24+;/m0./s1. The van der Waals surface area contributed by atoms with E-state index in [-0.39, 0.29) is 17.9 Å².